The van der Waals surface area contributed by atoms with E-state index in [0.29, 0.717) is 25.3 Å². The highest BCUT2D eigenvalue weighted by Gasteiger charge is 2.29. The molecule has 1 aliphatic rings. The van der Waals surface area contributed by atoms with Crippen molar-refractivity contribution in [2.75, 3.05) is 6.54 Å². The number of carbonyl (C=O) groups excluding carboxylic acids is 1. The van der Waals surface area contributed by atoms with Crippen molar-refractivity contribution >= 4 is 11.6 Å². The summed E-state index contributed by atoms with van der Waals surface area (Å²) < 4.78 is 1.84. The van der Waals surface area contributed by atoms with Crippen LogP contribution in [0.1, 0.15) is 41.9 Å². The molecule has 0 unspecified atom stereocenters. The van der Waals surface area contributed by atoms with Gasteiger partial charge in [0.25, 0.3) is 0 Å². The number of hydrogen-bond acceptors (Lipinski definition) is 4. The minimum atomic E-state index is -0.396. The average Bonchev–Trinajstić information content (AvgIpc) is 3.27. The maximum atomic E-state index is 12.0. The third-order valence-electron chi connectivity index (χ3n) is 4.56. The first-order valence-electron chi connectivity index (χ1n) is 8.23. The number of amides is 1. The van der Waals surface area contributed by atoms with Gasteiger partial charge < -0.3 is 10.4 Å². The Balaban J connectivity index is 1.63. The summed E-state index contributed by atoms with van der Waals surface area (Å²) in [6.07, 6.45) is 2.78. The second kappa shape index (κ2) is 6.28. The molecule has 2 aromatic heterocycles. The molecule has 6 heteroatoms. The lowest BCUT2D eigenvalue weighted by molar-refractivity contribution is -0.121. The molecule has 0 radical (unpaired) electrons. The van der Waals surface area contributed by atoms with Crippen LogP contribution in [0.4, 0.5) is 0 Å². The van der Waals surface area contributed by atoms with Crippen LogP contribution in [-0.2, 0) is 11.2 Å². The van der Waals surface area contributed by atoms with Gasteiger partial charge in [-0.25, -0.2) is 9.50 Å². The molecule has 0 saturated heterocycles. The predicted octanol–water partition coefficient (Wildman–Crippen LogP) is 1.47. The van der Waals surface area contributed by atoms with Crippen molar-refractivity contribution in [3.63, 3.8) is 0 Å². The van der Waals surface area contributed by atoms with E-state index in [1.165, 1.54) is 0 Å². The third kappa shape index (κ3) is 3.52. The molecular formula is C17H24N4O2. The maximum absolute atomic E-state index is 12.0. The van der Waals surface area contributed by atoms with Crippen molar-refractivity contribution < 1.29 is 9.90 Å². The van der Waals surface area contributed by atoms with Gasteiger partial charge in [0, 0.05) is 30.4 Å². The van der Waals surface area contributed by atoms with Gasteiger partial charge in [0.1, 0.15) is 0 Å². The Labute approximate surface area is 135 Å². The minimum Gasteiger partial charge on any atom is -0.391 e. The first-order valence-corrected chi connectivity index (χ1v) is 8.23. The Bertz CT molecular complexity index is 734. The number of hydrogen-bond donors (Lipinski definition) is 2. The summed E-state index contributed by atoms with van der Waals surface area (Å²) >= 11 is 0. The Kier molecular flexibility index (Phi) is 4.35. The maximum Gasteiger partial charge on any atom is 0.220 e. The molecule has 2 N–H and O–H groups in total. The number of carbonyl (C=O) groups is 1. The summed E-state index contributed by atoms with van der Waals surface area (Å²) in [6, 6.07) is 1.95. The van der Waals surface area contributed by atoms with Crippen LogP contribution in [0.2, 0.25) is 0 Å². The van der Waals surface area contributed by atoms with E-state index < -0.39 is 6.10 Å². The SMILES string of the molecule is Cc1cc2nc(C)c(CCC(=O)NC[C@@H](O)C3CC3)c(C)n2n1. The third-order valence-corrected chi connectivity index (χ3v) is 4.56. The van der Waals surface area contributed by atoms with E-state index in [4.69, 9.17) is 0 Å². The molecule has 1 amide bonds. The van der Waals surface area contributed by atoms with Gasteiger partial charge in [-0.3, -0.25) is 4.79 Å². The number of aliphatic hydroxyl groups is 1. The molecule has 2 heterocycles. The zero-order chi connectivity index (χ0) is 16.6. The number of fused-ring (bicyclic) bond motifs is 1. The smallest absolute Gasteiger partial charge is 0.220 e. The van der Waals surface area contributed by atoms with Crippen molar-refractivity contribution in [1.29, 1.82) is 0 Å². The first-order chi connectivity index (χ1) is 11.0. The molecule has 6 nitrogen and oxygen atoms in total. The highest BCUT2D eigenvalue weighted by atomic mass is 16.3. The van der Waals surface area contributed by atoms with E-state index in [0.717, 1.165) is 41.1 Å². The van der Waals surface area contributed by atoms with Crippen LogP contribution in [0.25, 0.3) is 5.65 Å². The number of nitrogens with one attached hydrogen (secondary N) is 1. The number of nitrogens with zero attached hydrogens (tertiary/aromatic N) is 3. The summed E-state index contributed by atoms with van der Waals surface area (Å²) in [6.45, 7) is 6.29. The van der Waals surface area contributed by atoms with Gasteiger partial charge >= 0.3 is 0 Å². The number of aryl methyl sites for hydroxylation is 3. The van der Waals surface area contributed by atoms with Gasteiger partial charge in [0.05, 0.1) is 11.8 Å². The fourth-order valence-electron chi connectivity index (χ4n) is 3.00. The van der Waals surface area contributed by atoms with Crippen molar-refractivity contribution in [2.45, 2.75) is 52.6 Å². The fraction of sp³-hybridized carbons (Fsp3) is 0.588. The lowest BCUT2D eigenvalue weighted by Crippen LogP contribution is -2.33. The topological polar surface area (TPSA) is 79.5 Å². The van der Waals surface area contributed by atoms with Crippen LogP contribution < -0.4 is 5.32 Å². The molecule has 1 aliphatic carbocycles. The lowest BCUT2D eigenvalue weighted by Gasteiger charge is -2.12. The molecule has 1 fully saturated rings. The van der Waals surface area contributed by atoms with E-state index in [1.54, 1.807) is 0 Å². The molecule has 0 bridgehead atoms. The Morgan fingerprint density at radius 2 is 2.17 bits per heavy atom. The molecular weight excluding hydrogens is 292 g/mol. The lowest BCUT2D eigenvalue weighted by atomic mass is 10.1. The largest absolute Gasteiger partial charge is 0.391 e. The molecule has 0 spiro atoms. The Morgan fingerprint density at radius 3 is 2.87 bits per heavy atom. The van der Waals surface area contributed by atoms with Crippen molar-refractivity contribution in [2.24, 2.45) is 5.92 Å². The molecule has 0 aliphatic heterocycles. The van der Waals surface area contributed by atoms with Crippen LogP contribution in [0, 0.1) is 26.7 Å². The molecule has 124 valence electrons. The second-order valence-corrected chi connectivity index (χ2v) is 6.53. The van der Waals surface area contributed by atoms with Crippen molar-refractivity contribution in [3.05, 3.63) is 28.7 Å². The fourth-order valence-corrected chi connectivity index (χ4v) is 3.00. The summed E-state index contributed by atoms with van der Waals surface area (Å²) in [7, 11) is 0. The number of rotatable bonds is 6. The van der Waals surface area contributed by atoms with Gasteiger partial charge in [-0.15, -0.1) is 0 Å². The molecule has 2 aromatic rings. The quantitative estimate of drug-likeness (QED) is 0.846. The van der Waals surface area contributed by atoms with Gasteiger partial charge in [-0.1, -0.05) is 0 Å². The highest BCUT2D eigenvalue weighted by molar-refractivity contribution is 5.76. The average molecular weight is 316 g/mol. The molecule has 1 atom stereocenters. The Hall–Kier alpha value is -1.95. The van der Waals surface area contributed by atoms with E-state index in [1.807, 2.05) is 31.4 Å². The zero-order valence-corrected chi connectivity index (χ0v) is 14.0. The molecule has 3 rings (SSSR count). The van der Waals surface area contributed by atoms with Gasteiger partial charge in [0.15, 0.2) is 5.65 Å². The van der Waals surface area contributed by atoms with E-state index in [9.17, 15) is 9.90 Å². The summed E-state index contributed by atoms with van der Waals surface area (Å²) in [5.74, 6) is 0.356. The van der Waals surface area contributed by atoms with Crippen molar-refractivity contribution in [3.8, 4) is 0 Å². The number of aliphatic hydroxyl groups excluding tert-OH is 1. The van der Waals surface area contributed by atoms with E-state index >= 15 is 0 Å². The van der Waals surface area contributed by atoms with E-state index in [-0.39, 0.29) is 5.91 Å². The van der Waals surface area contributed by atoms with Crippen LogP contribution in [-0.4, -0.2) is 38.3 Å². The van der Waals surface area contributed by atoms with E-state index in [2.05, 4.69) is 15.4 Å². The molecule has 23 heavy (non-hydrogen) atoms. The van der Waals surface area contributed by atoms with Gasteiger partial charge in [-0.2, -0.15) is 5.10 Å². The van der Waals surface area contributed by atoms with Gasteiger partial charge in [-0.05, 0) is 51.5 Å². The van der Waals surface area contributed by atoms with Crippen LogP contribution in [0.3, 0.4) is 0 Å². The zero-order valence-electron chi connectivity index (χ0n) is 14.0. The number of aromatic nitrogens is 3. The summed E-state index contributed by atoms with van der Waals surface area (Å²) in [5, 5.41) is 17.1. The second-order valence-electron chi connectivity index (χ2n) is 6.53. The normalized spacial score (nSPS) is 15.8. The minimum absolute atomic E-state index is 0.0276. The summed E-state index contributed by atoms with van der Waals surface area (Å²) in [4.78, 5) is 16.6. The van der Waals surface area contributed by atoms with Crippen molar-refractivity contribution in [1.82, 2.24) is 19.9 Å². The molecule has 1 saturated carbocycles. The predicted molar refractivity (Wildman–Crippen MR) is 87.3 cm³/mol. The Morgan fingerprint density at radius 1 is 1.43 bits per heavy atom. The monoisotopic (exact) mass is 316 g/mol. The van der Waals surface area contributed by atoms with Crippen LogP contribution >= 0.6 is 0 Å². The first kappa shape index (κ1) is 15.9. The summed E-state index contributed by atoms with van der Waals surface area (Å²) in [5.41, 5.74) is 4.83. The highest BCUT2D eigenvalue weighted by Crippen LogP contribution is 2.32. The van der Waals surface area contributed by atoms with Crippen LogP contribution in [0.15, 0.2) is 6.07 Å². The van der Waals surface area contributed by atoms with Gasteiger partial charge in [0.2, 0.25) is 5.91 Å². The van der Waals surface area contributed by atoms with Crippen LogP contribution in [0.5, 0.6) is 0 Å². The molecule has 0 aromatic carbocycles. The standard InChI is InChI=1S/C17H24N4O2/c1-10-8-16-19-11(2)14(12(3)21(16)20-10)6-7-17(23)18-9-15(22)13-4-5-13/h8,13,15,22H,4-7,9H2,1-3H3,(H,18,23)/t15-/m1/s1.